The molecule has 0 bridgehead atoms. The molecule has 1 aliphatic carbocycles. The summed E-state index contributed by atoms with van der Waals surface area (Å²) in [5.41, 5.74) is 1.30. The van der Waals surface area contributed by atoms with Crippen LogP contribution in [0.25, 0.3) is 0 Å². The summed E-state index contributed by atoms with van der Waals surface area (Å²) < 4.78 is 0. The van der Waals surface area contributed by atoms with Gasteiger partial charge in [0.1, 0.15) is 0 Å². The molecule has 24 heavy (non-hydrogen) atoms. The Labute approximate surface area is 143 Å². The predicted molar refractivity (Wildman–Crippen MR) is 91.9 cm³/mol. The van der Waals surface area contributed by atoms with E-state index in [-0.39, 0.29) is 18.0 Å². The zero-order chi connectivity index (χ0) is 16.9. The van der Waals surface area contributed by atoms with Gasteiger partial charge in [-0.15, -0.1) is 0 Å². The van der Waals surface area contributed by atoms with Crippen molar-refractivity contribution in [2.24, 2.45) is 5.92 Å². The Balaban J connectivity index is 1.51. The minimum absolute atomic E-state index is 0.00871. The quantitative estimate of drug-likeness (QED) is 0.894. The molecule has 1 aliphatic heterocycles. The molecule has 1 heterocycles. The number of nitrogens with zero attached hydrogens (tertiary/aromatic N) is 1. The highest BCUT2D eigenvalue weighted by Crippen LogP contribution is 2.28. The molecular formula is C19H26N2O3. The number of nitrogens with one attached hydrogen (secondary N) is 1. The second kappa shape index (κ2) is 7.69. The van der Waals surface area contributed by atoms with Crippen LogP contribution >= 0.6 is 0 Å². The summed E-state index contributed by atoms with van der Waals surface area (Å²) in [6, 6.07) is 10.5. The van der Waals surface area contributed by atoms with Gasteiger partial charge in [-0.25, -0.2) is 4.79 Å². The normalized spacial score (nSPS) is 27.5. The second-order valence-electron chi connectivity index (χ2n) is 7.03. The van der Waals surface area contributed by atoms with E-state index in [4.69, 9.17) is 5.11 Å². The first-order chi connectivity index (χ1) is 11.6. The summed E-state index contributed by atoms with van der Waals surface area (Å²) in [5.74, 6) is -0.537. The zero-order valence-corrected chi connectivity index (χ0v) is 14.0. The number of piperidine rings is 1. The number of hydrogen-bond acceptors (Lipinski definition) is 2. The number of benzene rings is 1. The van der Waals surface area contributed by atoms with Crippen LogP contribution in [0.5, 0.6) is 0 Å². The Kier molecular flexibility index (Phi) is 5.38. The van der Waals surface area contributed by atoms with Gasteiger partial charge in [0.05, 0.1) is 5.92 Å². The highest BCUT2D eigenvalue weighted by molar-refractivity contribution is 5.75. The van der Waals surface area contributed by atoms with Crippen LogP contribution in [0.3, 0.4) is 0 Å². The van der Waals surface area contributed by atoms with Gasteiger partial charge in [-0.1, -0.05) is 30.3 Å². The lowest BCUT2D eigenvalue weighted by Crippen LogP contribution is -2.49. The maximum atomic E-state index is 12.6. The Hall–Kier alpha value is -2.04. The summed E-state index contributed by atoms with van der Waals surface area (Å²) in [6.07, 6.45) is 4.99. The number of hydrogen-bond donors (Lipinski definition) is 2. The number of carboxylic acids is 1. The number of urea groups is 1. The van der Waals surface area contributed by atoms with Crippen molar-refractivity contribution in [2.45, 2.75) is 50.5 Å². The van der Waals surface area contributed by atoms with Crippen LogP contribution in [-0.2, 0) is 4.79 Å². The molecule has 1 aromatic rings. The molecule has 0 spiro atoms. The summed E-state index contributed by atoms with van der Waals surface area (Å²) in [6.45, 7) is 1.57. The van der Waals surface area contributed by atoms with Crippen molar-refractivity contribution in [1.29, 1.82) is 0 Å². The lowest BCUT2D eigenvalue weighted by molar-refractivity contribution is -0.142. The predicted octanol–water partition coefficient (Wildman–Crippen LogP) is 3.22. The first kappa shape index (κ1) is 16.8. The third-order valence-electron chi connectivity index (χ3n) is 5.38. The van der Waals surface area contributed by atoms with E-state index in [9.17, 15) is 9.59 Å². The van der Waals surface area contributed by atoms with Crippen molar-refractivity contribution in [3.8, 4) is 0 Å². The molecule has 5 nitrogen and oxygen atoms in total. The minimum Gasteiger partial charge on any atom is -0.481 e. The molecule has 2 aliphatic rings. The van der Waals surface area contributed by atoms with Crippen molar-refractivity contribution >= 4 is 12.0 Å². The fourth-order valence-electron chi connectivity index (χ4n) is 3.91. The Morgan fingerprint density at radius 2 is 1.75 bits per heavy atom. The second-order valence-corrected chi connectivity index (χ2v) is 7.03. The molecule has 2 fully saturated rings. The van der Waals surface area contributed by atoms with Gasteiger partial charge in [0.15, 0.2) is 0 Å². The topological polar surface area (TPSA) is 69.6 Å². The average Bonchev–Trinajstić information content (AvgIpc) is 2.63. The smallest absolute Gasteiger partial charge is 0.317 e. The van der Waals surface area contributed by atoms with E-state index in [0.717, 1.165) is 38.8 Å². The number of amides is 2. The van der Waals surface area contributed by atoms with E-state index in [2.05, 4.69) is 29.6 Å². The molecule has 2 amide bonds. The van der Waals surface area contributed by atoms with Crippen LogP contribution in [0.2, 0.25) is 0 Å². The monoisotopic (exact) mass is 330 g/mol. The van der Waals surface area contributed by atoms with Crippen molar-refractivity contribution in [3.63, 3.8) is 0 Å². The molecule has 0 radical (unpaired) electrons. The molecule has 1 saturated heterocycles. The van der Waals surface area contributed by atoms with Crippen molar-refractivity contribution in [3.05, 3.63) is 35.9 Å². The summed E-state index contributed by atoms with van der Waals surface area (Å²) in [5, 5.41) is 12.2. The third-order valence-corrected chi connectivity index (χ3v) is 5.38. The number of carboxylic acid groups (broad SMARTS) is 1. The minimum atomic E-state index is -0.707. The largest absolute Gasteiger partial charge is 0.481 e. The summed E-state index contributed by atoms with van der Waals surface area (Å²) >= 11 is 0. The summed E-state index contributed by atoms with van der Waals surface area (Å²) in [7, 11) is 0. The maximum Gasteiger partial charge on any atom is 0.317 e. The van der Waals surface area contributed by atoms with Gasteiger partial charge < -0.3 is 15.3 Å². The number of carbonyl (C=O) groups excluding carboxylic acids is 1. The van der Waals surface area contributed by atoms with Gasteiger partial charge in [-0.05, 0) is 44.1 Å². The van der Waals surface area contributed by atoms with Gasteiger partial charge in [0.25, 0.3) is 0 Å². The van der Waals surface area contributed by atoms with Crippen LogP contribution in [-0.4, -0.2) is 41.1 Å². The van der Waals surface area contributed by atoms with E-state index in [0.29, 0.717) is 18.8 Å². The molecule has 1 atom stereocenters. The van der Waals surface area contributed by atoms with Crippen molar-refractivity contribution in [1.82, 2.24) is 10.2 Å². The van der Waals surface area contributed by atoms with E-state index in [1.165, 1.54) is 5.56 Å². The first-order valence-electron chi connectivity index (χ1n) is 8.96. The fraction of sp³-hybridized carbons (Fsp3) is 0.579. The van der Waals surface area contributed by atoms with E-state index in [1.807, 2.05) is 11.0 Å². The van der Waals surface area contributed by atoms with Crippen molar-refractivity contribution in [2.75, 3.05) is 13.1 Å². The molecule has 0 aromatic heterocycles. The highest BCUT2D eigenvalue weighted by Gasteiger charge is 2.29. The van der Waals surface area contributed by atoms with Gasteiger partial charge in [-0.2, -0.15) is 0 Å². The number of likely N-dealkylation sites (tertiary alicyclic amines) is 1. The number of aliphatic carboxylic acids is 1. The van der Waals surface area contributed by atoms with Crippen LogP contribution in [0.4, 0.5) is 4.79 Å². The van der Waals surface area contributed by atoms with Crippen LogP contribution in [0, 0.1) is 5.92 Å². The lowest BCUT2D eigenvalue weighted by Gasteiger charge is -2.35. The van der Waals surface area contributed by atoms with Crippen molar-refractivity contribution < 1.29 is 14.7 Å². The van der Waals surface area contributed by atoms with Gasteiger partial charge >= 0.3 is 12.0 Å². The SMILES string of the molecule is O=C(O)C1CCC(NC(=O)N2CCCC(c3ccccc3)C2)CC1. The van der Waals surface area contributed by atoms with Crippen LogP contribution in [0.1, 0.15) is 50.0 Å². The molecule has 1 aromatic carbocycles. The first-order valence-corrected chi connectivity index (χ1v) is 8.96. The zero-order valence-electron chi connectivity index (χ0n) is 14.0. The van der Waals surface area contributed by atoms with E-state index < -0.39 is 5.97 Å². The van der Waals surface area contributed by atoms with E-state index in [1.54, 1.807) is 0 Å². The summed E-state index contributed by atoms with van der Waals surface area (Å²) in [4.78, 5) is 25.5. The Morgan fingerprint density at radius 3 is 2.42 bits per heavy atom. The molecule has 5 heteroatoms. The number of rotatable bonds is 3. The van der Waals surface area contributed by atoms with Crippen LogP contribution in [0.15, 0.2) is 30.3 Å². The number of carbonyl (C=O) groups is 2. The lowest BCUT2D eigenvalue weighted by atomic mass is 9.86. The Morgan fingerprint density at radius 1 is 1.04 bits per heavy atom. The van der Waals surface area contributed by atoms with Gasteiger partial charge in [0.2, 0.25) is 0 Å². The van der Waals surface area contributed by atoms with Gasteiger partial charge in [-0.3, -0.25) is 4.79 Å². The molecule has 3 rings (SSSR count). The molecule has 130 valence electrons. The standard InChI is InChI=1S/C19H26N2O3/c22-18(23)15-8-10-17(11-9-15)20-19(24)21-12-4-7-16(13-21)14-5-2-1-3-6-14/h1-3,5-6,15-17H,4,7-13H2,(H,20,24)(H,22,23). The van der Waals surface area contributed by atoms with E-state index >= 15 is 0 Å². The Bertz CT molecular complexity index is 567. The molecular weight excluding hydrogens is 304 g/mol. The fourth-order valence-corrected chi connectivity index (χ4v) is 3.91. The molecule has 1 unspecified atom stereocenters. The third kappa shape index (κ3) is 4.08. The molecule has 1 saturated carbocycles. The molecule has 2 N–H and O–H groups in total. The maximum absolute atomic E-state index is 12.6. The highest BCUT2D eigenvalue weighted by atomic mass is 16.4. The van der Waals surface area contributed by atoms with Crippen LogP contribution < -0.4 is 5.32 Å². The van der Waals surface area contributed by atoms with Gasteiger partial charge in [0, 0.05) is 25.0 Å². The average molecular weight is 330 g/mol.